The highest BCUT2D eigenvalue weighted by molar-refractivity contribution is 8.14. The Hall–Kier alpha value is -1.20. The molecule has 4 saturated carbocycles. The summed E-state index contributed by atoms with van der Waals surface area (Å²) in [4.78, 5) is 20.9. The third kappa shape index (κ3) is 5.56. The van der Waals surface area contributed by atoms with E-state index in [9.17, 15) is 4.79 Å². The first-order valence-corrected chi connectivity index (χ1v) is 13.9. The number of rotatable bonds is 8. The molecule has 1 saturated heterocycles. The summed E-state index contributed by atoms with van der Waals surface area (Å²) < 4.78 is 0. The van der Waals surface area contributed by atoms with Gasteiger partial charge in [-0.15, -0.1) is 12.4 Å². The molecule has 5 aliphatic rings. The number of amidine groups is 1. The maximum Gasteiger partial charge on any atom is 0.226 e. The van der Waals surface area contributed by atoms with E-state index < -0.39 is 0 Å². The van der Waals surface area contributed by atoms with E-state index in [4.69, 9.17) is 4.99 Å². The number of aryl methyl sites for hydroxylation is 1. The lowest BCUT2D eigenvalue weighted by Gasteiger charge is -2.55. The maximum atomic E-state index is 12.9. The number of carbonyl (C=O) groups is 1. The van der Waals surface area contributed by atoms with Crippen LogP contribution in [0.15, 0.2) is 29.3 Å². The molecule has 0 radical (unpaired) electrons. The molecule has 5 fully saturated rings. The zero-order valence-electron chi connectivity index (χ0n) is 20.2. The Morgan fingerprint density at radius 3 is 2.30 bits per heavy atom. The second-order valence-corrected chi connectivity index (χ2v) is 11.8. The monoisotopic (exact) mass is 489 g/mol. The van der Waals surface area contributed by atoms with Crippen LogP contribution in [0.2, 0.25) is 0 Å². The number of benzene rings is 1. The fourth-order valence-corrected chi connectivity index (χ4v) is 8.33. The van der Waals surface area contributed by atoms with Crippen molar-refractivity contribution in [3.8, 4) is 0 Å². The van der Waals surface area contributed by atoms with Gasteiger partial charge >= 0.3 is 0 Å². The SMILES string of the molecule is CCCCN1/C(=N/C23CC4CC(CC(C4)C2)C3)SCC1CC(=O)Nc1ccc(CC)cc1.Cl. The number of anilines is 1. The van der Waals surface area contributed by atoms with Gasteiger partial charge in [-0.1, -0.05) is 44.2 Å². The van der Waals surface area contributed by atoms with Gasteiger partial charge in [0, 0.05) is 30.4 Å². The number of amides is 1. The fraction of sp³-hybridized carbons (Fsp3) is 0.704. The van der Waals surface area contributed by atoms with Crippen molar-refractivity contribution >= 4 is 40.9 Å². The van der Waals surface area contributed by atoms with Crippen molar-refractivity contribution in [2.75, 3.05) is 17.6 Å². The van der Waals surface area contributed by atoms with Crippen molar-refractivity contribution in [3.63, 3.8) is 0 Å². The number of thioether (sulfide) groups is 1. The Bertz CT molecular complexity index is 820. The van der Waals surface area contributed by atoms with E-state index >= 15 is 0 Å². The number of hydrogen-bond donors (Lipinski definition) is 1. The molecular formula is C27H40ClN3OS. The molecule has 6 rings (SSSR count). The number of nitrogens with one attached hydrogen (secondary N) is 1. The number of halogens is 1. The highest BCUT2D eigenvalue weighted by Crippen LogP contribution is 2.57. The van der Waals surface area contributed by atoms with E-state index in [-0.39, 0.29) is 29.9 Å². The first-order valence-electron chi connectivity index (χ1n) is 12.9. The van der Waals surface area contributed by atoms with Crippen LogP contribution in [0.4, 0.5) is 5.69 Å². The Morgan fingerprint density at radius 2 is 1.73 bits per heavy atom. The molecule has 4 nitrogen and oxygen atoms in total. The van der Waals surface area contributed by atoms with Crippen LogP contribution in [0.25, 0.3) is 0 Å². The van der Waals surface area contributed by atoms with E-state index in [1.165, 1.54) is 55.7 Å². The second kappa shape index (κ2) is 10.6. The van der Waals surface area contributed by atoms with Crippen LogP contribution in [0.1, 0.15) is 77.2 Å². The normalized spacial score (nSPS) is 33.4. The topological polar surface area (TPSA) is 44.7 Å². The van der Waals surface area contributed by atoms with Gasteiger partial charge in [-0.05, 0) is 86.8 Å². The van der Waals surface area contributed by atoms with Crippen molar-refractivity contribution < 1.29 is 4.79 Å². The van der Waals surface area contributed by atoms with E-state index in [0.29, 0.717) is 6.42 Å². The number of unbranched alkanes of at least 4 members (excludes halogenated alkanes) is 1. The predicted molar refractivity (Wildman–Crippen MR) is 143 cm³/mol. The van der Waals surface area contributed by atoms with E-state index in [0.717, 1.165) is 48.6 Å². The van der Waals surface area contributed by atoms with Gasteiger partial charge in [0.15, 0.2) is 5.17 Å². The quantitative estimate of drug-likeness (QED) is 0.450. The highest BCUT2D eigenvalue weighted by atomic mass is 35.5. The molecule has 6 heteroatoms. The summed E-state index contributed by atoms with van der Waals surface area (Å²) in [5.74, 6) is 3.86. The van der Waals surface area contributed by atoms with Crippen molar-refractivity contribution in [3.05, 3.63) is 29.8 Å². The zero-order valence-corrected chi connectivity index (χ0v) is 21.9. The molecule has 33 heavy (non-hydrogen) atoms. The van der Waals surface area contributed by atoms with Gasteiger partial charge in [0.2, 0.25) is 5.91 Å². The van der Waals surface area contributed by atoms with Crippen LogP contribution in [0.3, 0.4) is 0 Å². The van der Waals surface area contributed by atoms with Gasteiger partial charge in [-0.3, -0.25) is 9.79 Å². The van der Waals surface area contributed by atoms with Crippen LogP contribution >= 0.6 is 24.2 Å². The molecule has 4 aliphatic carbocycles. The minimum atomic E-state index is 0. The van der Waals surface area contributed by atoms with Gasteiger partial charge in [-0.25, -0.2) is 0 Å². The van der Waals surface area contributed by atoms with Crippen molar-refractivity contribution in [2.45, 2.75) is 89.6 Å². The number of aliphatic imine (C=N–C) groups is 1. The van der Waals surface area contributed by atoms with Crippen LogP contribution in [0.5, 0.6) is 0 Å². The fourth-order valence-electron chi connectivity index (χ4n) is 7.03. The molecular weight excluding hydrogens is 450 g/mol. The van der Waals surface area contributed by atoms with Gasteiger partial charge < -0.3 is 10.2 Å². The molecule has 0 aromatic heterocycles. The highest BCUT2D eigenvalue weighted by Gasteiger charge is 2.51. The van der Waals surface area contributed by atoms with Crippen molar-refractivity contribution in [2.24, 2.45) is 22.7 Å². The molecule has 1 N–H and O–H groups in total. The summed E-state index contributed by atoms with van der Waals surface area (Å²) in [6.45, 7) is 5.43. The summed E-state index contributed by atoms with van der Waals surface area (Å²) in [5.41, 5.74) is 2.41. The lowest BCUT2D eigenvalue weighted by Crippen LogP contribution is -2.50. The molecule has 1 aliphatic heterocycles. The van der Waals surface area contributed by atoms with Crippen molar-refractivity contribution in [1.82, 2.24) is 4.90 Å². The largest absolute Gasteiger partial charge is 0.347 e. The van der Waals surface area contributed by atoms with E-state index in [2.05, 4.69) is 36.2 Å². The Labute approximate surface area is 210 Å². The number of nitrogens with zero attached hydrogens (tertiary/aromatic N) is 2. The van der Waals surface area contributed by atoms with E-state index in [1.807, 2.05) is 23.9 Å². The summed E-state index contributed by atoms with van der Waals surface area (Å²) in [7, 11) is 0. The van der Waals surface area contributed by atoms with Crippen LogP contribution in [-0.2, 0) is 11.2 Å². The second-order valence-electron chi connectivity index (χ2n) is 10.9. The number of carbonyl (C=O) groups excluding carboxylic acids is 1. The average molecular weight is 490 g/mol. The predicted octanol–water partition coefficient (Wildman–Crippen LogP) is 6.54. The standard InChI is InChI=1S/C27H39N3OS.ClH/c1-3-5-10-30-24(14-25(31)28-23-8-6-19(4-2)7-9-23)18-32-26(30)29-27-15-20-11-21(16-27)13-22(12-20)17-27;/h6-9,20-22,24H,3-5,10-18H2,1-2H3,(H,28,31);1H/b29-26-;. The van der Waals surface area contributed by atoms with Gasteiger partial charge in [-0.2, -0.15) is 0 Å². The minimum absolute atomic E-state index is 0. The lowest BCUT2D eigenvalue weighted by molar-refractivity contribution is -0.116. The molecule has 1 amide bonds. The van der Waals surface area contributed by atoms with Crippen LogP contribution in [0, 0.1) is 17.8 Å². The first-order chi connectivity index (χ1) is 15.6. The molecule has 0 spiro atoms. The molecule has 1 aromatic rings. The Balaban J connectivity index is 0.00000259. The average Bonchev–Trinajstić information content (AvgIpc) is 3.11. The zero-order chi connectivity index (χ0) is 22.1. The summed E-state index contributed by atoms with van der Waals surface area (Å²) in [6.07, 6.45) is 12.2. The lowest BCUT2D eigenvalue weighted by atomic mass is 9.53. The summed E-state index contributed by atoms with van der Waals surface area (Å²) >= 11 is 1.91. The van der Waals surface area contributed by atoms with Gasteiger partial charge in [0.1, 0.15) is 0 Å². The third-order valence-electron chi connectivity index (χ3n) is 8.25. The van der Waals surface area contributed by atoms with Crippen LogP contribution in [-0.4, -0.2) is 39.9 Å². The Kier molecular flexibility index (Phi) is 8.00. The van der Waals surface area contributed by atoms with E-state index in [1.54, 1.807) is 0 Å². The molecule has 1 unspecified atom stereocenters. The maximum absolute atomic E-state index is 12.9. The number of hydrogen-bond acceptors (Lipinski definition) is 3. The molecule has 4 bridgehead atoms. The summed E-state index contributed by atoms with van der Waals surface area (Å²) in [5, 5.41) is 4.36. The minimum Gasteiger partial charge on any atom is -0.347 e. The third-order valence-corrected chi connectivity index (χ3v) is 9.38. The van der Waals surface area contributed by atoms with Crippen LogP contribution < -0.4 is 5.32 Å². The molecule has 1 aromatic carbocycles. The van der Waals surface area contributed by atoms with Gasteiger partial charge in [0.25, 0.3) is 0 Å². The molecule has 182 valence electrons. The summed E-state index contributed by atoms with van der Waals surface area (Å²) in [6, 6.07) is 8.51. The molecule has 1 heterocycles. The Morgan fingerprint density at radius 1 is 1.09 bits per heavy atom. The molecule has 1 atom stereocenters. The smallest absolute Gasteiger partial charge is 0.226 e. The van der Waals surface area contributed by atoms with Gasteiger partial charge in [0.05, 0.1) is 5.54 Å². The van der Waals surface area contributed by atoms with Crippen molar-refractivity contribution in [1.29, 1.82) is 0 Å². The first kappa shape index (κ1) is 24.9.